The van der Waals surface area contributed by atoms with Crippen LogP contribution in [0.2, 0.25) is 0 Å². The molecule has 0 aliphatic carbocycles. The molecule has 0 atom stereocenters. The van der Waals surface area contributed by atoms with Crippen LogP contribution in [-0.4, -0.2) is 30.0 Å². The summed E-state index contributed by atoms with van der Waals surface area (Å²) in [5.74, 6) is -1.23. The molecule has 1 N–H and O–H groups in total. The van der Waals surface area contributed by atoms with E-state index in [1.807, 2.05) is 30.3 Å². The second-order valence-electron chi connectivity index (χ2n) is 8.40. The Morgan fingerprint density at radius 3 is 2.32 bits per heavy atom. The quantitative estimate of drug-likeness (QED) is 0.193. The molecule has 5 nitrogen and oxygen atoms in total. The molecule has 0 aliphatic rings. The Labute approximate surface area is 199 Å². The molecular weight excluding hydrogens is 433 g/mol. The SMILES string of the molecule is CC(C)CC/C(=N\OCCOc1cccc(CC(=O)O)c1F)c1ccc(-c2ccccc2)cc1. The zero-order valence-corrected chi connectivity index (χ0v) is 19.5. The van der Waals surface area contributed by atoms with Gasteiger partial charge in [-0.25, -0.2) is 4.39 Å². The minimum Gasteiger partial charge on any atom is -0.487 e. The molecule has 34 heavy (non-hydrogen) atoms. The Bertz CT molecular complexity index is 1100. The van der Waals surface area contributed by atoms with Crippen molar-refractivity contribution in [3.8, 4) is 16.9 Å². The fourth-order valence-corrected chi connectivity index (χ4v) is 3.43. The zero-order valence-electron chi connectivity index (χ0n) is 19.5. The summed E-state index contributed by atoms with van der Waals surface area (Å²) in [6.07, 6.45) is 1.35. The number of hydrogen-bond acceptors (Lipinski definition) is 4. The molecule has 0 heterocycles. The van der Waals surface area contributed by atoms with Crippen LogP contribution in [0.25, 0.3) is 11.1 Å². The molecule has 0 radical (unpaired) electrons. The van der Waals surface area contributed by atoms with Gasteiger partial charge < -0.3 is 14.7 Å². The van der Waals surface area contributed by atoms with Gasteiger partial charge in [-0.15, -0.1) is 0 Å². The first-order valence-electron chi connectivity index (χ1n) is 11.4. The van der Waals surface area contributed by atoms with E-state index >= 15 is 0 Å². The molecule has 3 aromatic carbocycles. The van der Waals surface area contributed by atoms with Crippen LogP contribution in [0, 0.1) is 11.7 Å². The van der Waals surface area contributed by atoms with Crippen molar-refractivity contribution in [2.75, 3.05) is 13.2 Å². The van der Waals surface area contributed by atoms with Gasteiger partial charge in [-0.3, -0.25) is 4.79 Å². The number of aliphatic carboxylic acids is 1. The lowest BCUT2D eigenvalue weighted by molar-refractivity contribution is -0.136. The first-order valence-corrected chi connectivity index (χ1v) is 11.4. The summed E-state index contributed by atoms with van der Waals surface area (Å²) in [7, 11) is 0. The highest BCUT2D eigenvalue weighted by Crippen LogP contribution is 2.22. The summed E-state index contributed by atoms with van der Waals surface area (Å²) in [6, 6.07) is 22.9. The van der Waals surface area contributed by atoms with E-state index in [1.54, 1.807) is 6.07 Å². The highest BCUT2D eigenvalue weighted by atomic mass is 19.1. The molecule has 0 bridgehead atoms. The Balaban J connectivity index is 1.61. The number of oxime groups is 1. The molecule has 0 spiro atoms. The Hall–Kier alpha value is -3.67. The van der Waals surface area contributed by atoms with Gasteiger partial charge in [0.15, 0.2) is 18.2 Å². The first kappa shape index (κ1) is 25.0. The van der Waals surface area contributed by atoms with E-state index in [0.29, 0.717) is 5.92 Å². The largest absolute Gasteiger partial charge is 0.487 e. The van der Waals surface area contributed by atoms with Crippen molar-refractivity contribution in [1.29, 1.82) is 0 Å². The fraction of sp³-hybridized carbons (Fsp3) is 0.286. The lowest BCUT2D eigenvalue weighted by Crippen LogP contribution is -2.10. The van der Waals surface area contributed by atoms with Crippen molar-refractivity contribution in [3.05, 3.63) is 89.7 Å². The standard InChI is InChI=1S/C28H30FNO4/c1-20(2)11-16-25(23-14-12-22(13-15-23)21-7-4-3-5-8-21)30-34-18-17-33-26-10-6-9-24(28(26)29)19-27(31)32/h3-10,12-15,20H,11,16-19H2,1-2H3,(H,31,32)/b30-25+. The number of hydrogen-bond donors (Lipinski definition) is 1. The maximum absolute atomic E-state index is 14.4. The lowest BCUT2D eigenvalue weighted by Gasteiger charge is -2.11. The van der Waals surface area contributed by atoms with E-state index in [9.17, 15) is 9.18 Å². The summed E-state index contributed by atoms with van der Waals surface area (Å²) in [5, 5.41) is 13.2. The third-order valence-corrected chi connectivity index (χ3v) is 5.28. The average molecular weight is 464 g/mol. The topological polar surface area (TPSA) is 68.1 Å². The van der Waals surface area contributed by atoms with Crippen LogP contribution in [0.5, 0.6) is 5.75 Å². The van der Waals surface area contributed by atoms with Crippen molar-refractivity contribution < 1.29 is 23.9 Å². The molecule has 0 amide bonds. The molecule has 0 fully saturated rings. The van der Waals surface area contributed by atoms with Gasteiger partial charge in [0, 0.05) is 5.56 Å². The van der Waals surface area contributed by atoms with Gasteiger partial charge in [-0.1, -0.05) is 85.7 Å². The van der Waals surface area contributed by atoms with Crippen molar-refractivity contribution in [2.45, 2.75) is 33.1 Å². The molecule has 0 saturated heterocycles. The maximum Gasteiger partial charge on any atom is 0.307 e. The van der Waals surface area contributed by atoms with Crippen LogP contribution in [0.15, 0.2) is 78.0 Å². The van der Waals surface area contributed by atoms with Crippen molar-refractivity contribution in [3.63, 3.8) is 0 Å². The highest BCUT2D eigenvalue weighted by Gasteiger charge is 2.12. The Morgan fingerprint density at radius 2 is 1.65 bits per heavy atom. The van der Waals surface area contributed by atoms with Gasteiger partial charge in [0.1, 0.15) is 6.61 Å². The van der Waals surface area contributed by atoms with Crippen LogP contribution in [0.4, 0.5) is 4.39 Å². The van der Waals surface area contributed by atoms with Crippen molar-refractivity contribution in [1.82, 2.24) is 0 Å². The number of carboxylic acids is 1. The van der Waals surface area contributed by atoms with Gasteiger partial charge in [0.25, 0.3) is 0 Å². The van der Waals surface area contributed by atoms with Crippen molar-refractivity contribution >= 4 is 11.7 Å². The number of halogens is 1. The van der Waals surface area contributed by atoms with E-state index in [-0.39, 0.29) is 24.5 Å². The number of rotatable bonds is 12. The zero-order chi connectivity index (χ0) is 24.3. The second-order valence-corrected chi connectivity index (χ2v) is 8.40. The Morgan fingerprint density at radius 1 is 0.941 bits per heavy atom. The molecule has 0 aromatic heterocycles. The molecule has 3 rings (SSSR count). The number of ether oxygens (including phenoxy) is 1. The van der Waals surface area contributed by atoms with Crippen LogP contribution in [-0.2, 0) is 16.1 Å². The second kappa shape index (κ2) is 12.5. The summed E-state index contributed by atoms with van der Waals surface area (Å²) < 4.78 is 19.8. The fourth-order valence-electron chi connectivity index (χ4n) is 3.43. The third kappa shape index (κ3) is 7.44. The minimum absolute atomic E-state index is 0.00265. The molecular formula is C28H30FNO4. The predicted octanol–water partition coefficient (Wildman–Crippen LogP) is 6.36. The van der Waals surface area contributed by atoms with Crippen LogP contribution < -0.4 is 4.74 Å². The molecule has 6 heteroatoms. The normalized spacial score (nSPS) is 11.5. The van der Waals surface area contributed by atoms with E-state index in [2.05, 4.69) is 43.3 Å². The van der Waals surface area contributed by atoms with Gasteiger partial charge in [0.05, 0.1) is 12.1 Å². The summed E-state index contributed by atoms with van der Waals surface area (Å²) >= 11 is 0. The molecule has 0 aliphatic heterocycles. The summed E-state index contributed by atoms with van der Waals surface area (Å²) in [4.78, 5) is 16.4. The smallest absolute Gasteiger partial charge is 0.307 e. The van der Waals surface area contributed by atoms with E-state index in [4.69, 9.17) is 14.7 Å². The maximum atomic E-state index is 14.4. The van der Waals surface area contributed by atoms with E-state index in [1.165, 1.54) is 12.1 Å². The van der Waals surface area contributed by atoms with Gasteiger partial charge in [-0.2, -0.15) is 0 Å². The molecule has 0 saturated carbocycles. The first-order chi connectivity index (χ1) is 16.4. The van der Waals surface area contributed by atoms with E-state index < -0.39 is 18.2 Å². The Kier molecular flexibility index (Phi) is 9.21. The van der Waals surface area contributed by atoms with Crippen LogP contribution in [0.3, 0.4) is 0 Å². The highest BCUT2D eigenvalue weighted by molar-refractivity contribution is 6.00. The monoisotopic (exact) mass is 463 g/mol. The number of carbonyl (C=O) groups is 1. The van der Waals surface area contributed by atoms with E-state index in [0.717, 1.165) is 35.2 Å². The lowest BCUT2D eigenvalue weighted by atomic mass is 9.98. The third-order valence-electron chi connectivity index (χ3n) is 5.28. The van der Waals surface area contributed by atoms with Crippen LogP contribution >= 0.6 is 0 Å². The molecule has 0 unspecified atom stereocenters. The number of nitrogens with zero attached hydrogens (tertiary/aromatic N) is 1. The number of carboxylic acid groups (broad SMARTS) is 1. The van der Waals surface area contributed by atoms with Gasteiger partial charge in [0.2, 0.25) is 0 Å². The molecule has 3 aromatic rings. The summed E-state index contributed by atoms with van der Waals surface area (Å²) in [6.45, 7) is 4.55. The summed E-state index contributed by atoms with van der Waals surface area (Å²) in [5.41, 5.74) is 4.22. The molecule has 178 valence electrons. The number of benzene rings is 3. The van der Waals surface area contributed by atoms with Gasteiger partial charge >= 0.3 is 5.97 Å². The van der Waals surface area contributed by atoms with Crippen molar-refractivity contribution in [2.24, 2.45) is 11.1 Å². The average Bonchev–Trinajstić information content (AvgIpc) is 2.83. The van der Waals surface area contributed by atoms with Gasteiger partial charge in [-0.05, 0) is 41.5 Å². The predicted molar refractivity (Wildman–Crippen MR) is 132 cm³/mol. The van der Waals surface area contributed by atoms with Crippen LogP contribution in [0.1, 0.15) is 37.8 Å². The minimum atomic E-state index is -1.10.